The first-order chi connectivity index (χ1) is 9.52. The Hall–Kier alpha value is -1.31. The van der Waals surface area contributed by atoms with Crippen LogP contribution in [-0.2, 0) is 11.2 Å². The van der Waals surface area contributed by atoms with Gasteiger partial charge in [0.1, 0.15) is 0 Å². The van der Waals surface area contributed by atoms with Gasteiger partial charge in [0.15, 0.2) is 0 Å². The SMILES string of the molecule is CC1(C)CC2(C(=O)NCCc3ccccc3)CCC1C2. The molecule has 2 aliphatic carbocycles. The van der Waals surface area contributed by atoms with Crippen molar-refractivity contribution in [2.75, 3.05) is 6.54 Å². The summed E-state index contributed by atoms with van der Waals surface area (Å²) < 4.78 is 0. The van der Waals surface area contributed by atoms with Crippen LogP contribution in [0.2, 0.25) is 0 Å². The summed E-state index contributed by atoms with van der Waals surface area (Å²) in [4.78, 5) is 12.6. The van der Waals surface area contributed by atoms with Crippen LogP contribution in [0.15, 0.2) is 30.3 Å². The molecule has 0 spiro atoms. The van der Waals surface area contributed by atoms with Crippen molar-refractivity contribution in [2.45, 2.75) is 46.0 Å². The van der Waals surface area contributed by atoms with E-state index in [1.54, 1.807) is 0 Å². The van der Waals surface area contributed by atoms with Crippen molar-refractivity contribution in [3.8, 4) is 0 Å². The minimum Gasteiger partial charge on any atom is -0.355 e. The van der Waals surface area contributed by atoms with Gasteiger partial charge in [0.25, 0.3) is 0 Å². The Labute approximate surface area is 122 Å². The van der Waals surface area contributed by atoms with Gasteiger partial charge >= 0.3 is 0 Å². The van der Waals surface area contributed by atoms with Crippen molar-refractivity contribution in [3.63, 3.8) is 0 Å². The zero-order valence-electron chi connectivity index (χ0n) is 12.6. The standard InChI is InChI=1S/C18H25NO/c1-17(2)13-18(10-8-15(17)12-18)16(20)19-11-9-14-6-4-3-5-7-14/h3-7,15H,8-13H2,1-2H3,(H,19,20). The number of nitrogens with one attached hydrogen (secondary N) is 1. The number of benzene rings is 1. The maximum Gasteiger partial charge on any atom is 0.226 e. The smallest absolute Gasteiger partial charge is 0.226 e. The average Bonchev–Trinajstić information content (AvgIpc) is 2.95. The van der Waals surface area contributed by atoms with Crippen molar-refractivity contribution in [3.05, 3.63) is 35.9 Å². The molecular weight excluding hydrogens is 246 g/mol. The number of hydrogen-bond donors (Lipinski definition) is 1. The molecule has 3 rings (SSSR count). The molecule has 0 saturated heterocycles. The monoisotopic (exact) mass is 271 g/mol. The Balaban J connectivity index is 1.55. The number of hydrogen-bond acceptors (Lipinski definition) is 1. The number of carbonyl (C=O) groups excluding carboxylic acids is 1. The fraction of sp³-hybridized carbons (Fsp3) is 0.611. The predicted molar refractivity (Wildman–Crippen MR) is 81.3 cm³/mol. The Morgan fingerprint density at radius 1 is 1.30 bits per heavy atom. The second kappa shape index (κ2) is 4.91. The third kappa shape index (κ3) is 2.36. The highest BCUT2D eigenvalue weighted by Crippen LogP contribution is 2.62. The maximum atomic E-state index is 12.6. The lowest BCUT2D eigenvalue weighted by molar-refractivity contribution is -0.131. The molecular formula is C18H25NO. The Bertz CT molecular complexity index is 493. The van der Waals surface area contributed by atoms with E-state index in [1.165, 1.54) is 12.0 Å². The molecule has 2 fully saturated rings. The lowest BCUT2D eigenvalue weighted by Gasteiger charge is -2.34. The topological polar surface area (TPSA) is 29.1 Å². The molecule has 1 N–H and O–H groups in total. The molecule has 0 heterocycles. The second-order valence-corrected chi connectivity index (χ2v) is 7.38. The Kier molecular flexibility index (Phi) is 3.35. The molecule has 1 amide bonds. The highest BCUT2D eigenvalue weighted by Gasteiger charge is 2.57. The molecule has 2 saturated carbocycles. The first-order valence-electron chi connectivity index (χ1n) is 7.84. The third-order valence-electron chi connectivity index (χ3n) is 5.53. The van der Waals surface area contributed by atoms with Crippen LogP contribution in [0, 0.1) is 16.7 Å². The normalized spacial score (nSPS) is 30.4. The van der Waals surface area contributed by atoms with Crippen LogP contribution in [0.25, 0.3) is 0 Å². The van der Waals surface area contributed by atoms with Crippen LogP contribution in [0.3, 0.4) is 0 Å². The number of fused-ring (bicyclic) bond motifs is 2. The zero-order valence-corrected chi connectivity index (χ0v) is 12.6. The molecule has 2 unspecified atom stereocenters. The summed E-state index contributed by atoms with van der Waals surface area (Å²) in [5.41, 5.74) is 1.60. The average molecular weight is 271 g/mol. The van der Waals surface area contributed by atoms with Gasteiger partial charge in [0, 0.05) is 12.0 Å². The van der Waals surface area contributed by atoms with Gasteiger partial charge in [-0.3, -0.25) is 4.79 Å². The van der Waals surface area contributed by atoms with Crippen LogP contribution in [0.4, 0.5) is 0 Å². The third-order valence-corrected chi connectivity index (χ3v) is 5.53. The fourth-order valence-corrected chi connectivity index (χ4v) is 4.41. The molecule has 2 heteroatoms. The summed E-state index contributed by atoms with van der Waals surface area (Å²) in [5, 5.41) is 3.19. The van der Waals surface area contributed by atoms with Crippen molar-refractivity contribution in [1.82, 2.24) is 5.32 Å². The van der Waals surface area contributed by atoms with Crippen LogP contribution in [0.1, 0.15) is 45.1 Å². The summed E-state index contributed by atoms with van der Waals surface area (Å²) >= 11 is 0. The molecule has 108 valence electrons. The summed E-state index contributed by atoms with van der Waals surface area (Å²) in [5.74, 6) is 1.06. The van der Waals surface area contributed by atoms with Gasteiger partial charge in [0.2, 0.25) is 5.91 Å². The van der Waals surface area contributed by atoms with Crippen LogP contribution < -0.4 is 5.32 Å². The maximum absolute atomic E-state index is 12.6. The van der Waals surface area contributed by atoms with E-state index < -0.39 is 0 Å². The highest BCUT2D eigenvalue weighted by atomic mass is 16.2. The Morgan fingerprint density at radius 3 is 2.65 bits per heavy atom. The minimum absolute atomic E-state index is 0.0507. The summed E-state index contributed by atoms with van der Waals surface area (Å²) in [6, 6.07) is 10.4. The van der Waals surface area contributed by atoms with Gasteiger partial charge in [0.05, 0.1) is 0 Å². The molecule has 2 bridgehead atoms. The van der Waals surface area contributed by atoms with Crippen LogP contribution >= 0.6 is 0 Å². The van der Waals surface area contributed by atoms with Gasteiger partial charge in [-0.25, -0.2) is 0 Å². The zero-order chi connectivity index (χ0) is 14.2. The van der Waals surface area contributed by atoms with E-state index in [0.29, 0.717) is 11.3 Å². The quantitative estimate of drug-likeness (QED) is 0.891. The number of amides is 1. The van der Waals surface area contributed by atoms with E-state index in [1.807, 2.05) is 6.07 Å². The lowest BCUT2D eigenvalue weighted by Crippen LogP contribution is -2.40. The fourth-order valence-electron chi connectivity index (χ4n) is 4.41. The summed E-state index contributed by atoms with van der Waals surface area (Å²) in [6.07, 6.45) is 5.44. The lowest BCUT2D eigenvalue weighted by atomic mass is 9.72. The second-order valence-electron chi connectivity index (χ2n) is 7.38. The summed E-state index contributed by atoms with van der Waals surface area (Å²) in [7, 11) is 0. The van der Waals surface area contributed by atoms with E-state index in [-0.39, 0.29) is 5.41 Å². The first kappa shape index (κ1) is 13.7. The van der Waals surface area contributed by atoms with E-state index >= 15 is 0 Å². The molecule has 1 aromatic rings. The predicted octanol–water partition coefficient (Wildman–Crippen LogP) is 3.56. The van der Waals surface area contributed by atoms with Gasteiger partial charge in [-0.1, -0.05) is 44.2 Å². The van der Waals surface area contributed by atoms with Crippen molar-refractivity contribution in [1.29, 1.82) is 0 Å². The van der Waals surface area contributed by atoms with Crippen LogP contribution in [-0.4, -0.2) is 12.5 Å². The first-order valence-corrected chi connectivity index (χ1v) is 7.84. The van der Waals surface area contributed by atoms with Crippen molar-refractivity contribution in [2.24, 2.45) is 16.7 Å². The van der Waals surface area contributed by atoms with E-state index in [4.69, 9.17) is 0 Å². The largest absolute Gasteiger partial charge is 0.355 e. The van der Waals surface area contributed by atoms with Gasteiger partial charge in [-0.05, 0) is 49.0 Å². The minimum atomic E-state index is -0.0507. The van der Waals surface area contributed by atoms with Crippen molar-refractivity contribution >= 4 is 5.91 Å². The van der Waals surface area contributed by atoms with Gasteiger partial charge in [-0.15, -0.1) is 0 Å². The molecule has 0 aliphatic heterocycles. The van der Waals surface area contributed by atoms with Gasteiger partial charge < -0.3 is 5.32 Å². The van der Waals surface area contributed by atoms with Crippen molar-refractivity contribution < 1.29 is 4.79 Å². The molecule has 1 aromatic carbocycles. The van der Waals surface area contributed by atoms with Crippen LogP contribution in [0.5, 0.6) is 0 Å². The molecule has 0 radical (unpaired) electrons. The molecule has 0 aromatic heterocycles. The number of rotatable bonds is 4. The van der Waals surface area contributed by atoms with Gasteiger partial charge in [-0.2, -0.15) is 0 Å². The summed E-state index contributed by atoms with van der Waals surface area (Å²) in [6.45, 7) is 5.42. The number of carbonyl (C=O) groups is 1. The highest BCUT2D eigenvalue weighted by molar-refractivity contribution is 5.83. The molecule has 2 aliphatic rings. The molecule has 20 heavy (non-hydrogen) atoms. The molecule has 2 atom stereocenters. The Morgan fingerprint density at radius 2 is 2.05 bits per heavy atom. The van der Waals surface area contributed by atoms with E-state index in [0.717, 1.165) is 38.1 Å². The molecule has 2 nitrogen and oxygen atoms in total. The van der Waals surface area contributed by atoms with E-state index in [2.05, 4.69) is 43.4 Å². The van der Waals surface area contributed by atoms with E-state index in [9.17, 15) is 4.79 Å².